The van der Waals surface area contributed by atoms with Crippen LogP contribution in [0.2, 0.25) is 0 Å². The highest BCUT2D eigenvalue weighted by atomic mass is 15.3. The molecule has 1 aliphatic heterocycles. The zero-order chi connectivity index (χ0) is 13.3. The fourth-order valence-electron chi connectivity index (χ4n) is 3.42. The topological polar surface area (TPSA) is 15.3 Å². The number of nitrogens with one attached hydrogen (secondary N) is 1. The summed E-state index contributed by atoms with van der Waals surface area (Å²) in [6.07, 6.45) is 4.21. The summed E-state index contributed by atoms with van der Waals surface area (Å²) in [7, 11) is 0. The Kier molecular flexibility index (Phi) is 4.71. The van der Waals surface area contributed by atoms with Crippen molar-refractivity contribution in [2.75, 3.05) is 13.1 Å². The van der Waals surface area contributed by atoms with Crippen molar-refractivity contribution >= 4 is 0 Å². The summed E-state index contributed by atoms with van der Waals surface area (Å²) in [5.74, 6) is 2.55. The molecule has 18 heavy (non-hydrogen) atoms. The van der Waals surface area contributed by atoms with E-state index in [-0.39, 0.29) is 0 Å². The van der Waals surface area contributed by atoms with Crippen molar-refractivity contribution in [2.24, 2.45) is 17.8 Å². The molecule has 1 heterocycles. The predicted octanol–water partition coefficient (Wildman–Crippen LogP) is 3.13. The molecule has 2 nitrogen and oxygen atoms in total. The Bertz CT molecular complexity index is 260. The third-order valence-corrected chi connectivity index (χ3v) is 5.35. The summed E-state index contributed by atoms with van der Waals surface area (Å²) in [5.41, 5.74) is 0. The molecule has 1 N–H and O–H groups in total. The maximum atomic E-state index is 3.80. The molecular formula is C16H32N2. The van der Waals surface area contributed by atoms with Crippen LogP contribution in [0, 0.1) is 17.8 Å². The first kappa shape index (κ1) is 14.3. The Labute approximate surface area is 114 Å². The average molecular weight is 252 g/mol. The van der Waals surface area contributed by atoms with Crippen LogP contribution in [-0.2, 0) is 0 Å². The van der Waals surface area contributed by atoms with Crippen molar-refractivity contribution in [3.05, 3.63) is 0 Å². The first-order valence-corrected chi connectivity index (χ1v) is 8.03. The molecule has 0 aromatic rings. The van der Waals surface area contributed by atoms with Crippen molar-refractivity contribution in [3.8, 4) is 0 Å². The largest absolute Gasteiger partial charge is 0.311 e. The lowest BCUT2D eigenvalue weighted by atomic mass is 9.90. The summed E-state index contributed by atoms with van der Waals surface area (Å²) < 4.78 is 0. The van der Waals surface area contributed by atoms with Gasteiger partial charge in [0, 0.05) is 31.2 Å². The van der Waals surface area contributed by atoms with Crippen LogP contribution in [0.3, 0.4) is 0 Å². The molecule has 0 amide bonds. The van der Waals surface area contributed by atoms with Gasteiger partial charge in [-0.3, -0.25) is 4.90 Å². The van der Waals surface area contributed by atoms with Gasteiger partial charge in [0.05, 0.1) is 0 Å². The summed E-state index contributed by atoms with van der Waals surface area (Å²) in [5, 5.41) is 3.80. The SMILES string of the molecule is CCC(C)C1CN(C(C)C2CC2)C(C(C)C)CN1. The van der Waals surface area contributed by atoms with Gasteiger partial charge < -0.3 is 5.32 Å². The molecule has 106 valence electrons. The van der Waals surface area contributed by atoms with Gasteiger partial charge in [-0.1, -0.05) is 34.1 Å². The maximum absolute atomic E-state index is 3.80. The van der Waals surface area contributed by atoms with E-state index in [0.717, 1.165) is 29.8 Å². The zero-order valence-electron chi connectivity index (χ0n) is 12.9. The van der Waals surface area contributed by atoms with Crippen molar-refractivity contribution in [2.45, 2.75) is 72.0 Å². The quantitative estimate of drug-likeness (QED) is 0.809. The van der Waals surface area contributed by atoms with Crippen LogP contribution in [0.1, 0.15) is 53.9 Å². The second-order valence-corrected chi connectivity index (χ2v) is 6.99. The molecule has 4 unspecified atom stereocenters. The molecule has 0 spiro atoms. The molecule has 2 aliphatic rings. The van der Waals surface area contributed by atoms with Crippen LogP contribution in [0.25, 0.3) is 0 Å². The lowest BCUT2D eigenvalue weighted by Crippen LogP contribution is -2.62. The normalized spacial score (nSPS) is 33.7. The van der Waals surface area contributed by atoms with Crippen molar-refractivity contribution in [3.63, 3.8) is 0 Å². The molecular weight excluding hydrogens is 220 g/mol. The fraction of sp³-hybridized carbons (Fsp3) is 1.00. The smallest absolute Gasteiger partial charge is 0.0247 e. The third-order valence-electron chi connectivity index (χ3n) is 5.35. The van der Waals surface area contributed by atoms with Gasteiger partial charge in [-0.05, 0) is 37.5 Å². The van der Waals surface area contributed by atoms with E-state index in [1.807, 2.05) is 0 Å². The highest BCUT2D eigenvalue weighted by molar-refractivity contribution is 4.95. The van der Waals surface area contributed by atoms with E-state index >= 15 is 0 Å². The standard InChI is InChI=1S/C16H32N2/c1-6-12(4)15-10-18(13(5)14-7-8-14)16(9-17-15)11(2)3/h11-17H,6-10H2,1-5H3. The molecule has 0 aromatic carbocycles. The van der Waals surface area contributed by atoms with Crippen LogP contribution < -0.4 is 5.32 Å². The number of nitrogens with zero attached hydrogens (tertiary/aromatic N) is 1. The van der Waals surface area contributed by atoms with Gasteiger partial charge in [-0.15, -0.1) is 0 Å². The number of piperazine rings is 1. The molecule has 2 fully saturated rings. The molecule has 4 atom stereocenters. The molecule has 0 aromatic heterocycles. The average Bonchev–Trinajstić information content (AvgIpc) is 3.20. The molecule has 1 saturated carbocycles. The minimum Gasteiger partial charge on any atom is -0.311 e. The van der Waals surface area contributed by atoms with E-state index in [0.29, 0.717) is 6.04 Å². The van der Waals surface area contributed by atoms with Crippen LogP contribution in [0.15, 0.2) is 0 Å². The van der Waals surface area contributed by atoms with Gasteiger partial charge >= 0.3 is 0 Å². The summed E-state index contributed by atoms with van der Waals surface area (Å²) >= 11 is 0. The Morgan fingerprint density at radius 1 is 1.17 bits per heavy atom. The molecule has 2 heteroatoms. The fourth-order valence-corrected chi connectivity index (χ4v) is 3.42. The second-order valence-electron chi connectivity index (χ2n) is 6.99. The van der Waals surface area contributed by atoms with Crippen LogP contribution in [-0.4, -0.2) is 36.1 Å². The molecule has 1 saturated heterocycles. The number of rotatable bonds is 5. The van der Waals surface area contributed by atoms with E-state index in [1.54, 1.807) is 0 Å². The summed E-state index contributed by atoms with van der Waals surface area (Å²) in [6, 6.07) is 2.23. The van der Waals surface area contributed by atoms with Gasteiger partial charge in [0.2, 0.25) is 0 Å². The first-order chi connectivity index (χ1) is 8.54. The lowest BCUT2D eigenvalue weighted by molar-refractivity contribution is 0.0414. The summed E-state index contributed by atoms with van der Waals surface area (Å²) in [4.78, 5) is 2.83. The minimum atomic E-state index is 0.700. The van der Waals surface area contributed by atoms with Gasteiger partial charge in [0.15, 0.2) is 0 Å². The minimum absolute atomic E-state index is 0.700. The maximum Gasteiger partial charge on any atom is 0.0247 e. The van der Waals surface area contributed by atoms with Crippen LogP contribution >= 0.6 is 0 Å². The highest BCUT2D eigenvalue weighted by Gasteiger charge is 2.39. The molecule has 2 rings (SSSR count). The van der Waals surface area contributed by atoms with Gasteiger partial charge in [-0.2, -0.15) is 0 Å². The Balaban J connectivity index is 2.02. The molecule has 0 radical (unpaired) electrons. The summed E-state index contributed by atoms with van der Waals surface area (Å²) in [6.45, 7) is 14.4. The number of hydrogen-bond donors (Lipinski definition) is 1. The van der Waals surface area contributed by atoms with Crippen molar-refractivity contribution < 1.29 is 0 Å². The second kappa shape index (κ2) is 5.92. The van der Waals surface area contributed by atoms with E-state index in [9.17, 15) is 0 Å². The van der Waals surface area contributed by atoms with E-state index < -0.39 is 0 Å². The lowest BCUT2D eigenvalue weighted by Gasteiger charge is -2.47. The van der Waals surface area contributed by atoms with Crippen molar-refractivity contribution in [1.82, 2.24) is 10.2 Å². The van der Waals surface area contributed by atoms with Crippen LogP contribution in [0.5, 0.6) is 0 Å². The highest BCUT2D eigenvalue weighted by Crippen LogP contribution is 2.37. The van der Waals surface area contributed by atoms with Gasteiger partial charge in [-0.25, -0.2) is 0 Å². The Morgan fingerprint density at radius 2 is 1.83 bits per heavy atom. The zero-order valence-corrected chi connectivity index (χ0v) is 12.9. The Morgan fingerprint density at radius 3 is 2.33 bits per heavy atom. The molecule has 0 bridgehead atoms. The monoisotopic (exact) mass is 252 g/mol. The predicted molar refractivity (Wildman–Crippen MR) is 78.8 cm³/mol. The Hall–Kier alpha value is -0.0800. The van der Waals surface area contributed by atoms with Gasteiger partial charge in [0.1, 0.15) is 0 Å². The van der Waals surface area contributed by atoms with E-state index in [2.05, 4.69) is 44.8 Å². The third kappa shape index (κ3) is 3.08. The van der Waals surface area contributed by atoms with E-state index in [4.69, 9.17) is 0 Å². The molecule has 1 aliphatic carbocycles. The van der Waals surface area contributed by atoms with E-state index in [1.165, 1.54) is 32.4 Å². The first-order valence-electron chi connectivity index (χ1n) is 8.03. The van der Waals surface area contributed by atoms with Gasteiger partial charge in [0.25, 0.3) is 0 Å². The number of hydrogen-bond acceptors (Lipinski definition) is 2. The van der Waals surface area contributed by atoms with Crippen LogP contribution in [0.4, 0.5) is 0 Å². The van der Waals surface area contributed by atoms with Crippen molar-refractivity contribution in [1.29, 1.82) is 0 Å².